The minimum absolute atomic E-state index is 0.198. The fraction of sp³-hybridized carbons (Fsp3) is 0.321. The number of hydrogen-bond donors (Lipinski definition) is 1. The van der Waals surface area contributed by atoms with Crippen molar-refractivity contribution in [3.63, 3.8) is 0 Å². The van der Waals surface area contributed by atoms with Crippen LogP contribution in [0.2, 0.25) is 0 Å². The van der Waals surface area contributed by atoms with E-state index in [9.17, 15) is 9.90 Å². The highest BCUT2D eigenvalue weighted by molar-refractivity contribution is 6.16. The number of aromatic hydroxyl groups is 1. The molecule has 0 unspecified atom stereocenters. The number of ether oxygens (including phenoxy) is 1. The van der Waals surface area contributed by atoms with E-state index in [4.69, 9.17) is 9.15 Å². The average molecular weight is 444 g/mol. The number of hydrogen-bond acceptors (Lipinski definition) is 5. The van der Waals surface area contributed by atoms with Gasteiger partial charge in [-0.15, -0.1) is 0 Å². The maximum absolute atomic E-state index is 13.1. The third-order valence-corrected chi connectivity index (χ3v) is 6.66. The topological polar surface area (TPSA) is 62.9 Å². The van der Waals surface area contributed by atoms with Crippen LogP contribution in [0.1, 0.15) is 59.5 Å². The van der Waals surface area contributed by atoms with Gasteiger partial charge in [-0.05, 0) is 45.3 Å². The first-order valence-corrected chi connectivity index (χ1v) is 11.7. The highest BCUT2D eigenvalue weighted by Crippen LogP contribution is 2.47. The van der Waals surface area contributed by atoms with Crippen LogP contribution < -0.4 is 0 Å². The molecule has 1 atom stereocenters. The molecule has 3 aromatic carbocycles. The highest BCUT2D eigenvalue weighted by atomic mass is 16.5. The van der Waals surface area contributed by atoms with Gasteiger partial charge in [-0.1, -0.05) is 61.0 Å². The first kappa shape index (κ1) is 21.5. The number of nitrogens with zero attached hydrogens (tertiary/aromatic N) is 1. The Morgan fingerprint density at radius 3 is 2.39 bits per heavy atom. The first-order valence-electron chi connectivity index (χ1n) is 11.7. The van der Waals surface area contributed by atoms with Gasteiger partial charge in [0.15, 0.2) is 0 Å². The summed E-state index contributed by atoms with van der Waals surface area (Å²) in [6.07, 6.45) is 3.42. The lowest BCUT2D eigenvalue weighted by Gasteiger charge is -2.36. The average Bonchev–Trinajstić information content (AvgIpc) is 3.20. The SMILES string of the molecule is CCOC(=O)c1c(C)oc2c1c([C@H](c1ccccc1)N1CCCCC1)c(O)c1ccccc12. The molecule has 33 heavy (non-hydrogen) atoms. The molecular formula is C28H29NO4. The van der Waals surface area contributed by atoms with E-state index in [1.807, 2.05) is 42.5 Å². The van der Waals surface area contributed by atoms with E-state index in [1.165, 1.54) is 6.42 Å². The molecule has 1 aliphatic heterocycles. The third-order valence-electron chi connectivity index (χ3n) is 6.66. The molecule has 1 aromatic heterocycles. The van der Waals surface area contributed by atoms with Crippen LogP contribution in [0.3, 0.4) is 0 Å². The minimum atomic E-state index is -0.421. The number of benzene rings is 3. The van der Waals surface area contributed by atoms with E-state index in [0.717, 1.165) is 47.8 Å². The molecule has 1 N–H and O–H groups in total. The number of piperidine rings is 1. The Balaban J connectivity index is 1.89. The number of likely N-dealkylation sites (tertiary alicyclic amines) is 1. The van der Waals surface area contributed by atoms with E-state index in [1.54, 1.807) is 13.8 Å². The zero-order chi connectivity index (χ0) is 22.9. The number of esters is 1. The number of rotatable bonds is 5. The molecule has 5 rings (SSSR count). The number of carbonyl (C=O) groups excluding carboxylic acids is 1. The van der Waals surface area contributed by atoms with Gasteiger partial charge in [-0.2, -0.15) is 0 Å². The van der Waals surface area contributed by atoms with E-state index >= 15 is 0 Å². The van der Waals surface area contributed by atoms with Crippen LogP contribution in [0.25, 0.3) is 21.7 Å². The van der Waals surface area contributed by atoms with Crippen molar-refractivity contribution >= 4 is 27.7 Å². The molecule has 1 fully saturated rings. The number of phenolic OH excluding ortho intramolecular Hbond substituents is 1. The molecule has 5 heteroatoms. The first-order chi connectivity index (χ1) is 16.1. The lowest BCUT2D eigenvalue weighted by molar-refractivity contribution is 0.0526. The van der Waals surface area contributed by atoms with Gasteiger partial charge in [0.2, 0.25) is 0 Å². The van der Waals surface area contributed by atoms with E-state index in [-0.39, 0.29) is 18.4 Å². The summed E-state index contributed by atoms with van der Waals surface area (Å²) in [5.41, 5.74) is 2.83. The van der Waals surface area contributed by atoms with Crippen molar-refractivity contribution in [2.45, 2.75) is 39.2 Å². The van der Waals surface area contributed by atoms with Crippen molar-refractivity contribution in [1.82, 2.24) is 4.90 Å². The monoisotopic (exact) mass is 443 g/mol. The summed E-state index contributed by atoms with van der Waals surface area (Å²) >= 11 is 0. The number of fused-ring (bicyclic) bond motifs is 3. The number of aryl methyl sites for hydroxylation is 1. The molecule has 0 saturated carbocycles. The summed E-state index contributed by atoms with van der Waals surface area (Å²) in [6, 6.07) is 17.7. The summed E-state index contributed by atoms with van der Waals surface area (Å²) in [4.78, 5) is 15.5. The molecule has 5 nitrogen and oxygen atoms in total. The van der Waals surface area contributed by atoms with Gasteiger partial charge in [0.1, 0.15) is 22.7 Å². The van der Waals surface area contributed by atoms with E-state index < -0.39 is 5.97 Å². The van der Waals surface area contributed by atoms with Gasteiger partial charge in [-0.25, -0.2) is 4.79 Å². The molecule has 1 aliphatic rings. The zero-order valence-electron chi connectivity index (χ0n) is 19.1. The molecule has 0 radical (unpaired) electrons. The van der Waals surface area contributed by atoms with Gasteiger partial charge in [0.25, 0.3) is 0 Å². The van der Waals surface area contributed by atoms with Gasteiger partial charge in [0.05, 0.1) is 12.6 Å². The molecule has 0 aliphatic carbocycles. The van der Waals surface area contributed by atoms with Crippen molar-refractivity contribution in [2.24, 2.45) is 0 Å². The standard InChI is InChI=1S/C28H29NO4/c1-3-32-28(31)22-18(2)33-27-21-15-9-8-14-20(21)26(30)24(23(22)27)25(19-12-6-4-7-13-19)29-16-10-5-11-17-29/h4,6-9,12-15,25,30H,3,5,10-11,16-17H2,1-2H3/t25-/m0/s1. The molecule has 0 amide bonds. The molecule has 1 saturated heterocycles. The van der Waals surface area contributed by atoms with Crippen molar-refractivity contribution in [2.75, 3.05) is 19.7 Å². The summed E-state index contributed by atoms with van der Waals surface area (Å²) in [5, 5.41) is 13.9. The van der Waals surface area contributed by atoms with Gasteiger partial charge in [-0.3, -0.25) is 4.90 Å². The van der Waals surface area contributed by atoms with Crippen molar-refractivity contribution < 1.29 is 19.1 Å². The van der Waals surface area contributed by atoms with Crippen LogP contribution in [0.4, 0.5) is 0 Å². The van der Waals surface area contributed by atoms with Crippen molar-refractivity contribution in [3.05, 3.63) is 77.0 Å². The Morgan fingerprint density at radius 1 is 1.03 bits per heavy atom. The lowest BCUT2D eigenvalue weighted by Crippen LogP contribution is -2.34. The van der Waals surface area contributed by atoms with Crippen LogP contribution in [0.5, 0.6) is 5.75 Å². The molecule has 170 valence electrons. The van der Waals surface area contributed by atoms with Crippen LogP contribution >= 0.6 is 0 Å². The number of phenols is 1. The summed E-state index contributed by atoms with van der Waals surface area (Å²) < 4.78 is 11.6. The summed E-state index contributed by atoms with van der Waals surface area (Å²) in [7, 11) is 0. The van der Waals surface area contributed by atoms with Crippen LogP contribution in [0, 0.1) is 6.92 Å². The smallest absolute Gasteiger partial charge is 0.342 e. The second kappa shape index (κ2) is 8.91. The van der Waals surface area contributed by atoms with Gasteiger partial charge < -0.3 is 14.3 Å². The Kier molecular flexibility index (Phi) is 5.81. The summed E-state index contributed by atoms with van der Waals surface area (Å²) in [5.74, 6) is 0.282. The fourth-order valence-electron chi connectivity index (χ4n) is 5.23. The van der Waals surface area contributed by atoms with Crippen molar-refractivity contribution in [1.29, 1.82) is 0 Å². The van der Waals surface area contributed by atoms with Gasteiger partial charge >= 0.3 is 5.97 Å². The van der Waals surface area contributed by atoms with E-state index in [0.29, 0.717) is 22.3 Å². The quantitative estimate of drug-likeness (QED) is 0.364. The molecular weight excluding hydrogens is 414 g/mol. The van der Waals surface area contributed by atoms with Gasteiger partial charge in [0, 0.05) is 21.7 Å². The minimum Gasteiger partial charge on any atom is -0.507 e. The Hall–Kier alpha value is -3.31. The summed E-state index contributed by atoms with van der Waals surface area (Å²) in [6.45, 7) is 5.72. The Bertz CT molecular complexity index is 1300. The largest absolute Gasteiger partial charge is 0.507 e. The molecule has 0 spiro atoms. The number of furan rings is 1. The van der Waals surface area contributed by atoms with E-state index in [2.05, 4.69) is 17.0 Å². The lowest BCUT2D eigenvalue weighted by atomic mass is 9.88. The molecule has 4 aromatic rings. The normalized spacial score (nSPS) is 15.7. The van der Waals surface area contributed by atoms with Crippen molar-refractivity contribution in [3.8, 4) is 5.75 Å². The maximum Gasteiger partial charge on any atom is 0.342 e. The second-order valence-corrected chi connectivity index (χ2v) is 8.68. The second-order valence-electron chi connectivity index (χ2n) is 8.68. The molecule has 0 bridgehead atoms. The number of carbonyl (C=O) groups is 1. The zero-order valence-corrected chi connectivity index (χ0v) is 19.1. The highest BCUT2D eigenvalue weighted by Gasteiger charge is 2.34. The molecule has 2 heterocycles. The third kappa shape index (κ3) is 3.66. The predicted octanol–water partition coefficient (Wildman–Crippen LogP) is 6.35. The predicted molar refractivity (Wildman–Crippen MR) is 130 cm³/mol. The Labute approximate surface area is 193 Å². The Morgan fingerprint density at radius 2 is 1.70 bits per heavy atom. The maximum atomic E-state index is 13.1. The van der Waals surface area contributed by atoms with Crippen LogP contribution in [-0.4, -0.2) is 35.7 Å². The fourth-order valence-corrected chi connectivity index (χ4v) is 5.23. The van der Waals surface area contributed by atoms with Crippen LogP contribution in [-0.2, 0) is 4.74 Å². The van der Waals surface area contributed by atoms with Crippen LogP contribution in [0.15, 0.2) is 59.0 Å².